The topological polar surface area (TPSA) is 52.1 Å². The van der Waals surface area contributed by atoms with Crippen LogP contribution < -0.4 is 4.74 Å². The summed E-state index contributed by atoms with van der Waals surface area (Å²) in [6.07, 6.45) is 12.4. The van der Waals surface area contributed by atoms with Gasteiger partial charge in [-0.2, -0.15) is 0 Å². The lowest BCUT2D eigenvalue weighted by molar-refractivity contribution is 0.104. The van der Waals surface area contributed by atoms with Crippen molar-refractivity contribution < 1.29 is 9.53 Å². The van der Waals surface area contributed by atoms with Gasteiger partial charge in [-0.1, -0.05) is 107 Å². The smallest absolute Gasteiger partial charge is 0.238 e. The number of fused-ring (bicyclic) bond motifs is 1. The van der Waals surface area contributed by atoms with E-state index in [1.54, 1.807) is 12.3 Å². The third-order valence-electron chi connectivity index (χ3n) is 7.00. The van der Waals surface area contributed by atoms with Crippen molar-refractivity contribution >= 4 is 38.3 Å². The quantitative estimate of drug-likeness (QED) is 0.141. The molecule has 0 amide bonds. The summed E-state index contributed by atoms with van der Waals surface area (Å²) in [5.41, 5.74) is 5.13. The van der Waals surface area contributed by atoms with Crippen LogP contribution in [0.2, 0.25) is 0 Å². The summed E-state index contributed by atoms with van der Waals surface area (Å²) in [4.78, 5) is 22.1. The molecular formula is C35H25BrN2O2. The number of aromatic nitrogens is 2. The molecule has 6 rings (SSSR count). The number of carbonyl (C=O) groups is 1. The van der Waals surface area contributed by atoms with Gasteiger partial charge in [0.1, 0.15) is 5.75 Å². The van der Waals surface area contributed by atoms with E-state index in [1.807, 2.05) is 84.9 Å². The Balaban J connectivity index is 1.32. The Labute approximate surface area is 241 Å². The van der Waals surface area contributed by atoms with E-state index in [9.17, 15) is 4.79 Å². The Morgan fingerprint density at radius 1 is 0.875 bits per heavy atom. The zero-order valence-electron chi connectivity index (χ0n) is 21.6. The fourth-order valence-corrected chi connectivity index (χ4v) is 5.33. The van der Waals surface area contributed by atoms with Crippen LogP contribution in [0.3, 0.4) is 0 Å². The number of rotatable bonds is 7. The number of nitrogens with zero attached hydrogens (tertiary/aromatic N) is 2. The molecule has 194 valence electrons. The molecule has 1 unspecified atom stereocenters. The van der Waals surface area contributed by atoms with Crippen LogP contribution in [0.15, 0.2) is 144 Å². The largest absolute Gasteiger partial charge is 0.437 e. The SMILES string of the molecule is O=C(C=CC1(c2ccc(Oc3cnc4ccccc4n3)cc2)C=CC=C(c2cccc(Br)c2)C1)c1ccccc1. The fraction of sp³-hybridized carbons (Fsp3) is 0.0571. The van der Waals surface area contributed by atoms with Crippen molar-refractivity contribution in [2.24, 2.45) is 0 Å². The predicted molar refractivity (Wildman–Crippen MR) is 164 cm³/mol. The minimum absolute atomic E-state index is 0.0261. The monoisotopic (exact) mass is 584 g/mol. The lowest BCUT2D eigenvalue weighted by Gasteiger charge is -2.32. The first kappa shape index (κ1) is 25.7. The summed E-state index contributed by atoms with van der Waals surface area (Å²) in [6, 6.07) is 33.3. The molecular weight excluding hydrogens is 560 g/mol. The highest BCUT2D eigenvalue weighted by molar-refractivity contribution is 9.10. The van der Waals surface area contributed by atoms with Crippen molar-refractivity contribution in [1.82, 2.24) is 9.97 Å². The van der Waals surface area contributed by atoms with Crippen molar-refractivity contribution in [1.29, 1.82) is 0 Å². The molecule has 0 saturated heterocycles. The summed E-state index contributed by atoms with van der Waals surface area (Å²) >= 11 is 3.60. The molecule has 1 aromatic heterocycles. The number of allylic oxidation sites excluding steroid dienone is 6. The number of ether oxygens (including phenoxy) is 1. The van der Waals surface area contributed by atoms with Gasteiger partial charge in [0.25, 0.3) is 0 Å². The average Bonchev–Trinajstić information content (AvgIpc) is 3.01. The van der Waals surface area contributed by atoms with Gasteiger partial charge in [0.05, 0.1) is 17.2 Å². The van der Waals surface area contributed by atoms with Crippen molar-refractivity contribution in [2.45, 2.75) is 11.8 Å². The minimum Gasteiger partial charge on any atom is -0.437 e. The molecule has 1 heterocycles. The van der Waals surface area contributed by atoms with Crippen LogP contribution in [0.25, 0.3) is 16.6 Å². The number of ketones is 1. The maximum Gasteiger partial charge on any atom is 0.238 e. The van der Waals surface area contributed by atoms with Gasteiger partial charge in [0, 0.05) is 15.5 Å². The van der Waals surface area contributed by atoms with Gasteiger partial charge in [-0.25, -0.2) is 9.97 Å². The number of halogens is 1. The molecule has 0 radical (unpaired) electrons. The third-order valence-corrected chi connectivity index (χ3v) is 7.49. The number of hydrogen-bond acceptors (Lipinski definition) is 4. The van der Waals surface area contributed by atoms with Crippen LogP contribution in [-0.2, 0) is 5.41 Å². The van der Waals surface area contributed by atoms with Crippen molar-refractivity contribution in [3.8, 4) is 11.6 Å². The maximum absolute atomic E-state index is 13.0. The first-order valence-corrected chi connectivity index (χ1v) is 13.8. The van der Waals surface area contributed by atoms with Gasteiger partial charge in [-0.3, -0.25) is 4.79 Å². The predicted octanol–water partition coefficient (Wildman–Crippen LogP) is 8.90. The van der Waals surface area contributed by atoms with E-state index in [-0.39, 0.29) is 5.78 Å². The van der Waals surface area contributed by atoms with E-state index in [2.05, 4.69) is 68.4 Å². The highest BCUT2D eigenvalue weighted by Crippen LogP contribution is 2.41. The van der Waals surface area contributed by atoms with E-state index in [0.29, 0.717) is 23.6 Å². The molecule has 1 aliphatic carbocycles. The second kappa shape index (κ2) is 11.2. The Hall–Kier alpha value is -4.61. The third kappa shape index (κ3) is 5.56. The molecule has 4 aromatic carbocycles. The van der Waals surface area contributed by atoms with Gasteiger partial charge in [0.2, 0.25) is 5.88 Å². The molecule has 0 spiro atoms. The number of carbonyl (C=O) groups excluding carboxylic acids is 1. The van der Waals surface area contributed by atoms with Gasteiger partial charge in [-0.15, -0.1) is 0 Å². The van der Waals surface area contributed by atoms with E-state index >= 15 is 0 Å². The number of hydrogen-bond donors (Lipinski definition) is 0. The first-order chi connectivity index (χ1) is 19.6. The molecule has 0 N–H and O–H groups in total. The van der Waals surface area contributed by atoms with Crippen molar-refractivity contribution in [3.05, 3.63) is 161 Å². The molecule has 1 atom stereocenters. The van der Waals surface area contributed by atoms with Crippen LogP contribution in [-0.4, -0.2) is 15.8 Å². The normalized spacial score (nSPS) is 16.7. The zero-order chi connectivity index (χ0) is 27.4. The van der Waals surface area contributed by atoms with E-state index in [0.717, 1.165) is 26.6 Å². The van der Waals surface area contributed by atoms with Crippen LogP contribution in [0.5, 0.6) is 11.6 Å². The van der Waals surface area contributed by atoms with Crippen molar-refractivity contribution in [2.75, 3.05) is 0 Å². The molecule has 0 fully saturated rings. The highest BCUT2D eigenvalue weighted by atomic mass is 79.9. The molecule has 4 nitrogen and oxygen atoms in total. The molecule has 0 bridgehead atoms. The number of para-hydroxylation sites is 2. The molecule has 5 heteroatoms. The average molecular weight is 586 g/mol. The standard InChI is InChI=1S/C35H25BrN2O2/c36-29-12-6-10-26(22-29)27-11-7-20-35(23-27,21-19-33(39)25-8-2-1-3-9-25)28-15-17-30(18-16-28)40-34-24-37-31-13-4-5-14-32(31)38-34/h1-22,24H,23H2. The second-order valence-electron chi connectivity index (χ2n) is 9.67. The van der Waals surface area contributed by atoms with E-state index in [4.69, 9.17) is 4.74 Å². The Bertz CT molecular complexity index is 1780. The Kier molecular flexibility index (Phi) is 7.21. The molecule has 0 saturated carbocycles. The maximum atomic E-state index is 13.0. The van der Waals surface area contributed by atoms with Crippen LogP contribution in [0, 0.1) is 0 Å². The lowest BCUT2D eigenvalue weighted by atomic mass is 9.71. The summed E-state index contributed by atoms with van der Waals surface area (Å²) in [5.74, 6) is 1.07. The molecule has 5 aromatic rings. The Morgan fingerprint density at radius 2 is 1.65 bits per heavy atom. The lowest BCUT2D eigenvalue weighted by Crippen LogP contribution is -2.23. The summed E-state index contributed by atoms with van der Waals surface area (Å²) in [7, 11) is 0. The Morgan fingerprint density at radius 3 is 2.45 bits per heavy atom. The fourth-order valence-electron chi connectivity index (χ4n) is 4.93. The van der Waals surface area contributed by atoms with Gasteiger partial charge in [0.15, 0.2) is 5.78 Å². The van der Waals surface area contributed by atoms with E-state index in [1.165, 1.54) is 5.57 Å². The highest BCUT2D eigenvalue weighted by Gasteiger charge is 2.30. The van der Waals surface area contributed by atoms with Gasteiger partial charge >= 0.3 is 0 Å². The van der Waals surface area contributed by atoms with Gasteiger partial charge in [-0.05, 0) is 65.6 Å². The van der Waals surface area contributed by atoms with Crippen molar-refractivity contribution in [3.63, 3.8) is 0 Å². The summed E-state index contributed by atoms with van der Waals surface area (Å²) in [5, 5.41) is 0. The number of benzene rings is 4. The summed E-state index contributed by atoms with van der Waals surface area (Å²) in [6.45, 7) is 0. The van der Waals surface area contributed by atoms with Crippen LogP contribution >= 0.6 is 15.9 Å². The molecule has 1 aliphatic rings. The molecule has 40 heavy (non-hydrogen) atoms. The summed E-state index contributed by atoms with van der Waals surface area (Å²) < 4.78 is 7.07. The second-order valence-corrected chi connectivity index (χ2v) is 10.6. The van der Waals surface area contributed by atoms with Crippen LogP contribution in [0.1, 0.15) is 27.9 Å². The van der Waals surface area contributed by atoms with Gasteiger partial charge < -0.3 is 4.74 Å². The van der Waals surface area contributed by atoms with E-state index < -0.39 is 5.41 Å². The molecule has 0 aliphatic heterocycles. The minimum atomic E-state index is -0.516. The zero-order valence-corrected chi connectivity index (χ0v) is 23.2. The van der Waals surface area contributed by atoms with Crippen LogP contribution in [0.4, 0.5) is 0 Å². The first-order valence-electron chi connectivity index (χ1n) is 13.0.